The van der Waals surface area contributed by atoms with Crippen molar-refractivity contribution in [2.24, 2.45) is 0 Å². The summed E-state index contributed by atoms with van der Waals surface area (Å²) >= 11 is 0. The van der Waals surface area contributed by atoms with Gasteiger partial charge >= 0.3 is 0 Å². The third-order valence-electron chi connectivity index (χ3n) is 3.01. The summed E-state index contributed by atoms with van der Waals surface area (Å²) in [6.45, 7) is 1.95. The SMILES string of the molecule is Cc1nc(Cc2ccccc2)c2ccccc2n1. The van der Waals surface area contributed by atoms with E-state index >= 15 is 0 Å². The maximum atomic E-state index is 4.59. The van der Waals surface area contributed by atoms with E-state index in [0.717, 1.165) is 28.8 Å². The minimum Gasteiger partial charge on any atom is -0.237 e. The number of hydrogen-bond donors (Lipinski definition) is 0. The van der Waals surface area contributed by atoms with E-state index in [-0.39, 0.29) is 0 Å². The second-order valence-corrected chi connectivity index (χ2v) is 4.40. The zero-order valence-corrected chi connectivity index (χ0v) is 10.3. The third kappa shape index (κ3) is 2.09. The second kappa shape index (κ2) is 4.57. The highest BCUT2D eigenvalue weighted by atomic mass is 14.9. The molecule has 0 aliphatic heterocycles. The molecule has 0 bridgehead atoms. The highest BCUT2D eigenvalue weighted by Gasteiger charge is 2.05. The lowest BCUT2D eigenvalue weighted by Gasteiger charge is -2.06. The number of rotatable bonds is 2. The lowest BCUT2D eigenvalue weighted by atomic mass is 10.1. The quantitative estimate of drug-likeness (QED) is 0.678. The number of benzene rings is 2. The Bertz CT molecular complexity index is 675. The standard InChI is InChI=1S/C16H14N2/c1-12-17-15-10-6-5-9-14(15)16(18-12)11-13-7-3-2-4-8-13/h2-10H,11H2,1H3. The molecule has 2 nitrogen and oxygen atoms in total. The topological polar surface area (TPSA) is 25.8 Å². The molecule has 2 aromatic carbocycles. The normalized spacial score (nSPS) is 10.7. The summed E-state index contributed by atoms with van der Waals surface area (Å²) in [5.41, 5.74) is 3.40. The molecule has 0 amide bonds. The fourth-order valence-electron chi connectivity index (χ4n) is 2.19. The smallest absolute Gasteiger partial charge is 0.126 e. The zero-order valence-electron chi connectivity index (χ0n) is 10.3. The number of hydrogen-bond acceptors (Lipinski definition) is 2. The van der Waals surface area contributed by atoms with Crippen LogP contribution < -0.4 is 0 Å². The first-order valence-corrected chi connectivity index (χ1v) is 6.09. The Labute approximate surface area is 106 Å². The zero-order chi connectivity index (χ0) is 12.4. The van der Waals surface area contributed by atoms with Crippen molar-refractivity contribution in [2.75, 3.05) is 0 Å². The third-order valence-corrected chi connectivity index (χ3v) is 3.01. The Hall–Kier alpha value is -2.22. The average Bonchev–Trinajstić information content (AvgIpc) is 2.40. The molecule has 0 saturated heterocycles. The summed E-state index contributed by atoms with van der Waals surface area (Å²) in [6, 6.07) is 18.6. The van der Waals surface area contributed by atoms with Gasteiger partial charge in [0.15, 0.2) is 0 Å². The van der Waals surface area contributed by atoms with Gasteiger partial charge in [-0.1, -0.05) is 48.5 Å². The van der Waals surface area contributed by atoms with Crippen molar-refractivity contribution >= 4 is 10.9 Å². The van der Waals surface area contributed by atoms with Gasteiger partial charge in [0.25, 0.3) is 0 Å². The average molecular weight is 234 g/mol. The summed E-state index contributed by atoms with van der Waals surface area (Å²) < 4.78 is 0. The maximum Gasteiger partial charge on any atom is 0.126 e. The Kier molecular flexibility index (Phi) is 2.77. The molecule has 0 N–H and O–H groups in total. The Morgan fingerprint density at radius 1 is 0.833 bits per heavy atom. The van der Waals surface area contributed by atoms with Crippen molar-refractivity contribution < 1.29 is 0 Å². The van der Waals surface area contributed by atoms with Crippen molar-refractivity contribution in [3.8, 4) is 0 Å². The van der Waals surface area contributed by atoms with Crippen LogP contribution in [0.1, 0.15) is 17.1 Å². The molecule has 0 spiro atoms. The fourth-order valence-corrected chi connectivity index (χ4v) is 2.19. The van der Waals surface area contributed by atoms with Gasteiger partial charge in [0, 0.05) is 11.8 Å². The van der Waals surface area contributed by atoms with Gasteiger partial charge in [-0.3, -0.25) is 0 Å². The maximum absolute atomic E-state index is 4.59. The molecular formula is C16H14N2. The van der Waals surface area contributed by atoms with Crippen LogP contribution >= 0.6 is 0 Å². The summed E-state index contributed by atoms with van der Waals surface area (Å²) in [7, 11) is 0. The Morgan fingerprint density at radius 2 is 1.56 bits per heavy atom. The molecular weight excluding hydrogens is 220 g/mol. The van der Waals surface area contributed by atoms with Crippen LogP contribution in [0.5, 0.6) is 0 Å². The van der Waals surface area contributed by atoms with Gasteiger partial charge in [0.2, 0.25) is 0 Å². The fraction of sp³-hybridized carbons (Fsp3) is 0.125. The van der Waals surface area contributed by atoms with Crippen molar-refractivity contribution in [3.05, 3.63) is 71.7 Å². The number of fused-ring (bicyclic) bond motifs is 1. The number of aromatic nitrogens is 2. The number of para-hydroxylation sites is 1. The van der Waals surface area contributed by atoms with Crippen LogP contribution in [0.4, 0.5) is 0 Å². The molecule has 0 saturated carbocycles. The van der Waals surface area contributed by atoms with E-state index in [2.05, 4.69) is 40.3 Å². The van der Waals surface area contributed by atoms with Crippen LogP contribution in [0.15, 0.2) is 54.6 Å². The second-order valence-electron chi connectivity index (χ2n) is 4.40. The predicted octanol–water partition coefficient (Wildman–Crippen LogP) is 3.53. The lowest BCUT2D eigenvalue weighted by Crippen LogP contribution is -1.98. The first-order valence-electron chi connectivity index (χ1n) is 6.09. The van der Waals surface area contributed by atoms with Gasteiger partial charge < -0.3 is 0 Å². The molecule has 3 rings (SSSR count). The Morgan fingerprint density at radius 3 is 2.39 bits per heavy atom. The summed E-state index contributed by atoms with van der Waals surface area (Å²) in [5, 5.41) is 1.15. The molecule has 88 valence electrons. The number of nitrogens with zero attached hydrogens (tertiary/aromatic N) is 2. The lowest BCUT2D eigenvalue weighted by molar-refractivity contribution is 1.00. The van der Waals surface area contributed by atoms with Gasteiger partial charge in [0.05, 0.1) is 11.2 Å². The van der Waals surface area contributed by atoms with Gasteiger partial charge in [-0.05, 0) is 18.6 Å². The van der Waals surface area contributed by atoms with E-state index in [4.69, 9.17) is 0 Å². The highest BCUT2D eigenvalue weighted by Crippen LogP contribution is 2.18. The summed E-state index contributed by atoms with van der Waals surface area (Å²) in [4.78, 5) is 9.05. The minimum atomic E-state index is 0.833. The van der Waals surface area contributed by atoms with Gasteiger partial charge in [0.1, 0.15) is 5.82 Å². The van der Waals surface area contributed by atoms with E-state index in [1.807, 2.05) is 31.2 Å². The van der Waals surface area contributed by atoms with Gasteiger partial charge in [-0.2, -0.15) is 0 Å². The molecule has 0 aliphatic rings. The van der Waals surface area contributed by atoms with Crippen molar-refractivity contribution in [3.63, 3.8) is 0 Å². The molecule has 1 heterocycles. The van der Waals surface area contributed by atoms with Gasteiger partial charge in [-0.15, -0.1) is 0 Å². The first-order chi connectivity index (χ1) is 8.83. The van der Waals surface area contributed by atoms with Crippen molar-refractivity contribution in [2.45, 2.75) is 13.3 Å². The molecule has 0 radical (unpaired) electrons. The van der Waals surface area contributed by atoms with Crippen LogP contribution in [-0.4, -0.2) is 9.97 Å². The van der Waals surface area contributed by atoms with E-state index in [0.29, 0.717) is 0 Å². The summed E-state index contributed by atoms with van der Waals surface area (Å²) in [5.74, 6) is 0.833. The van der Waals surface area contributed by atoms with Crippen LogP contribution in [0, 0.1) is 6.92 Å². The van der Waals surface area contributed by atoms with Crippen LogP contribution in [-0.2, 0) is 6.42 Å². The van der Waals surface area contributed by atoms with Crippen LogP contribution in [0.3, 0.4) is 0 Å². The van der Waals surface area contributed by atoms with Crippen LogP contribution in [0.2, 0.25) is 0 Å². The van der Waals surface area contributed by atoms with Crippen LogP contribution in [0.25, 0.3) is 10.9 Å². The molecule has 18 heavy (non-hydrogen) atoms. The molecule has 0 unspecified atom stereocenters. The largest absolute Gasteiger partial charge is 0.237 e. The number of aryl methyl sites for hydroxylation is 1. The van der Waals surface area contributed by atoms with E-state index in [1.54, 1.807) is 0 Å². The van der Waals surface area contributed by atoms with Crippen molar-refractivity contribution in [1.29, 1.82) is 0 Å². The van der Waals surface area contributed by atoms with E-state index in [9.17, 15) is 0 Å². The molecule has 2 heteroatoms. The molecule has 0 atom stereocenters. The summed E-state index contributed by atoms with van der Waals surface area (Å²) in [6.07, 6.45) is 0.852. The van der Waals surface area contributed by atoms with E-state index < -0.39 is 0 Å². The Balaban J connectivity index is 2.11. The molecule has 0 fully saturated rings. The monoisotopic (exact) mass is 234 g/mol. The molecule has 3 aromatic rings. The van der Waals surface area contributed by atoms with Gasteiger partial charge in [-0.25, -0.2) is 9.97 Å². The first kappa shape index (κ1) is 10.9. The highest BCUT2D eigenvalue weighted by molar-refractivity contribution is 5.81. The minimum absolute atomic E-state index is 0.833. The molecule has 0 aliphatic carbocycles. The van der Waals surface area contributed by atoms with Crippen molar-refractivity contribution in [1.82, 2.24) is 9.97 Å². The predicted molar refractivity (Wildman–Crippen MR) is 73.5 cm³/mol. The molecule has 1 aromatic heterocycles. The van der Waals surface area contributed by atoms with E-state index in [1.165, 1.54) is 5.56 Å².